The van der Waals surface area contributed by atoms with E-state index in [1.54, 1.807) is 16.8 Å². The number of unbranched alkanes of at least 4 members (excludes halogenated alkanes) is 1. The van der Waals surface area contributed by atoms with Crippen molar-refractivity contribution in [2.24, 2.45) is 4.99 Å². The number of imidazole rings is 1. The van der Waals surface area contributed by atoms with Crippen LogP contribution in [-0.2, 0) is 23.1 Å². The third-order valence-corrected chi connectivity index (χ3v) is 7.46. The van der Waals surface area contributed by atoms with Gasteiger partial charge in [-0.1, -0.05) is 37.6 Å². The van der Waals surface area contributed by atoms with E-state index < -0.39 is 11.4 Å². The second-order valence-electron chi connectivity index (χ2n) is 10.3. The molecule has 0 spiro atoms. The summed E-state index contributed by atoms with van der Waals surface area (Å²) in [6.45, 7) is 6.56. The summed E-state index contributed by atoms with van der Waals surface area (Å²) < 4.78 is 10.4. The number of aromatic nitrogens is 7. The molecule has 0 radical (unpaired) electrons. The molecule has 0 aliphatic carbocycles. The number of allylic oxidation sites excluding steroid dienone is 1. The van der Waals surface area contributed by atoms with E-state index in [4.69, 9.17) is 4.74 Å². The summed E-state index contributed by atoms with van der Waals surface area (Å²) in [5.74, 6) is 0.603. The summed E-state index contributed by atoms with van der Waals surface area (Å²) in [6, 6.07) is 9.77. The maximum Gasteiger partial charge on any atom is 0.341 e. The molecule has 0 amide bonds. The Morgan fingerprint density at radius 2 is 2.10 bits per heavy atom. The minimum atomic E-state index is -0.534. The van der Waals surface area contributed by atoms with E-state index in [0.717, 1.165) is 36.1 Å². The van der Waals surface area contributed by atoms with Gasteiger partial charge in [0.1, 0.15) is 11.4 Å². The first kappa shape index (κ1) is 27.0. The minimum Gasteiger partial charge on any atom is -0.465 e. The molecule has 0 saturated heterocycles. The predicted octanol–water partition coefficient (Wildman–Crippen LogP) is 4.26. The number of carbonyl (C=O) groups is 1. The first-order chi connectivity index (χ1) is 19.4. The number of hydrogen-bond donors (Lipinski definition) is 1. The van der Waals surface area contributed by atoms with Crippen LogP contribution in [-0.4, -0.2) is 53.6 Å². The molecule has 1 unspecified atom stereocenters. The number of ether oxygens (including phenoxy) is 1. The van der Waals surface area contributed by atoms with Gasteiger partial charge in [-0.25, -0.2) is 14.7 Å². The van der Waals surface area contributed by atoms with E-state index in [-0.39, 0.29) is 11.7 Å². The lowest BCUT2D eigenvalue weighted by atomic mass is 9.76. The normalized spacial score (nSPS) is 16.6. The van der Waals surface area contributed by atoms with Crippen LogP contribution < -0.4 is 5.69 Å². The summed E-state index contributed by atoms with van der Waals surface area (Å²) in [7, 11) is 1.35. The van der Waals surface area contributed by atoms with Crippen LogP contribution in [0.4, 0.5) is 0 Å². The number of nitrogens with zero attached hydrogens (tertiary/aromatic N) is 7. The number of tetrazole rings is 1. The molecule has 1 aliphatic rings. The number of aliphatic imine (C=N–C) groups is 1. The van der Waals surface area contributed by atoms with Gasteiger partial charge >= 0.3 is 11.7 Å². The lowest BCUT2D eigenvalue weighted by molar-refractivity contribution is 0.0600. The lowest BCUT2D eigenvalue weighted by Crippen LogP contribution is -2.37. The van der Waals surface area contributed by atoms with Gasteiger partial charge in [0.2, 0.25) is 0 Å². The Balaban J connectivity index is 1.66. The standard InChI is InChI=1S/C29H34N8O3/c1-5-6-10-23-18-36(26-24(27(38)40-4)11-16-35(26)20(2)3)28(39)37(23)19-29(12-14-30-15-13-29)22-9-7-8-21(17-22)25-31-33-34-32-25/h7-9,11-12,14-18,20H,5-6,10,13,19H2,1-4H3,(H,31,32,33,34). The van der Waals surface area contributed by atoms with Gasteiger partial charge in [0.25, 0.3) is 0 Å². The average molecular weight is 543 g/mol. The highest BCUT2D eigenvalue weighted by atomic mass is 16.5. The van der Waals surface area contributed by atoms with Gasteiger partial charge in [-0.05, 0) is 61.2 Å². The van der Waals surface area contributed by atoms with Crippen molar-refractivity contribution < 1.29 is 9.53 Å². The Bertz CT molecular complexity index is 1610. The molecule has 40 heavy (non-hydrogen) atoms. The number of nitrogens with one attached hydrogen (secondary N) is 1. The van der Waals surface area contributed by atoms with Crippen molar-refractivity contribution in [1.29, 1.82) is 0 Å². The van der Waals surface area contributed by atoms with Gasteiger partial charge in [0.05, 0.1) is 7.11 Å². The van der Waals surface area contributed by atoms with Crippen molar-refractivity contribution in [3.8, 4) is 17.2 Å². The van der Waals surface area contributed by atoms with Crippen LogP contribution >= 0.6 is 0 Å². The predicted molar refractivity (Wildman–Crippen MR) is 152 cm³/mol. The molecule has 11 heteroatoms. The number of hydrogen-bond acceptors (Lipinski definition) is 7. The van der Waals surface area contributed by atoms with Crippen LogP contribution in [0.3, 0.4) is 0 Å². The van der Waals surface area contributed by atoms with E-state index in [9.17, 15) is 9.59 Å². The van der Waals surface area contributed by atoms with Gasteiger partial charge in [-0.15, -0.1) is 5.10 Å². The van der Waals surface area contributed by atoms with Crippen LogP contribution in [0.15, 0.2) is 64.8 Å². The number of benzene rings is 1. The molecule has 11 nitrogen and oxygen atoms in total. The van der Waals surface area contributed by atoms with Crippen molar-refractivity contribution >= 4 is 12.2 Å². The number of methoxy groups -OCH3 is 1. The second-order valence-corrected chi connectivity index (χ2v) is 10.3. The first-order valence-corrected chi connectivity index (χ1v) is 13.5. The molecule has 1 aromatic carbocycles. The summed E-state index contributed by atoms with van der Waals surface area (Å²) in [5.41, 5.74) is 2.39. The number of rotatable bonds is 10. The van der Waals surface area contributed by atoms with Crippen molar-refractivity contribution in [2.75, 3.05) is 7.11 Å². The van der Waals surface area contributed by atoms with E-state index in [0.29, 0.717) is 30.2 Å². The summed E-state index contributed by atoms with van der Waals surface area (Å²) in [4.78, 5) is 31.3. The van der Waals surface area contributed by atoms with E-state index in [1.807, 2.05) is 53.7 Å². The smallest absolute Gasteiger partial charge is 0.341 e. The Labute approximate surface area is 232 Å². The summed E-state index contributed by atoms with van der Waals surface area (Å²) >= 11 is 0. The Kier molecular flexibility index (Phi) is 7.63. The van der Waals surface area contributed by atoms with Crippen molar-refractivity contribution in [3.63, 3.8) is 0 Å². The van der Waals surface area contributed by atoms with Crippen molar-refractivity contribution in [3.05, 3.63) is 82.3 Å². The van der Waals surface area contributed by atoms with Gasteiger partial charge in [0.15, 0.2) is 5.82 Å². The van der Waals surface area contributed by atoms with Gasteiger partial charge in [-0.2, -0.15) is 0 Å². The van der Waals surface area contributed by atoms with Crippen LogP contribution in [0, 0.1) is 0 Å². The molecule has 0 saturated carbocycles. The molecule has 208 valence electrons. The number of aryl methyl sites for hydroxylation is 1. The quantitative estimate of drug-likeness (QED) is 0.299. The lowest BCUT2D eigenvalue weighted by Gasteiger charge is -2.32. The maximum atomic E-state index is 14.3. The SMILES string of the molecule is CCCCc1cn(-c2c(C(=O)OC)ccn2C(C)C)c(=O)n1CC1(c2cccc(-c3nnn[nH]3)c2)C=CN=CC1. The molecule has 0 fully saturated rings. The number of H-pyrrole nitrogens is 1. The zero-order chi connectivity index (χ0) is 28.3. The molecular weight excluding hydrogens is 508 g/mol. The molecule has 1 atom stereocenters. The topological polar surface area (TPSA) is 125 Å². The van der Waals surface area contributed by atoms with Gasteiger partial charge in [0, 0.05) is 54.1 Å². The molecule has 5 rings (SSSR count). The summed E-state index contributed by atoms with van der Waals surface area (Å²) in [5, 5.41) is 14.3. The fraction of sp³-hybridized carbons (Fsp3) is 0.379. The zero-order valence-corrected chi connectivity index (χ0v) is 23.2. The second kappa shape index (κ2) is 11.3. The third-order valence-electron chi connectivity index (χ3n) is 7.46. The van der Waals surface area contributed by atoms with E-state index in [1.165, 1.54) is 7.11 Å². The van der Waals surface area contributed by atoms with Crippen molar-refractivity contribution in [1.82, 2.24) is 34.3 Å². The van der Waals surface area contributed by atoms with Crippen molar-refractivity contribution in [2.45, 2.75) is 64.5 Å². The molecule has 1 N–H and O–H groups in total. The number of aromatic amines is 1. The largest absolute Gasteiger partial charge is 0.465 e. The average Bonchev–Trinajstić information content (AvgIpc) is 3.72. The highest BCUT2D eigenvalue weighted by Gasteiger charge is 2.34. The zero-order valence-electron chi connectivity index (χ0n) is 23.2. The highest BCUT2D eigenvalue weighted by molar-refractivity contribution is 5.93. The maximum absolute atomic E-state index is 14.3. The fourth-order valence-electron chi connectivity index (χ4n) is 5.28. The molecular formula is C29H34N8O3. The van der Waals surface area contributed by atoms with Crippen LogP contribution in [0.5, 0.6) is 0 Å². The number of carbonyl (C=O) groups excluding carboxylic acids is 1. The number of esters is 1. The highest BCUT2D eigenvalue weighted by Crippen LogP contribution is 2.35. The molecule has 4 aromatic rings. The molecule has 4 heterocycles. The van der Waals surface area contributed by atoms with Crippen LogP contribution in [0.25, 0.3) is 17.2 Å². The molecule has 0 bridgehead atoms. The van der Waals surface area contributed by atoms with E-state index in [2.05, 4.69) is 50.7 Å². The first-order valence-electron chi connectivity index (χ1n) is 13.5. The van der Waals surface area contributed by atoms with Gasteiger partial charge in [-0.3, -0.25) is 14.1 Å². The monoisotopic (exact) mass is 542 g/mol. The van der Waals surface area contributed by atoms with E-state index >= 15 is 0 Å². The van der Waals surface area contributed by atoms with Crippen LogP contribution in [0.2, 0.25) is 0 Å². The third kappa shape index (κ3) is 4.94. The Hall–Kier alpha value is -4.54. The Morgan fingerprint density at radius 1 is 1.25 bits per heavy atom. The fourth-order valence-corrected chi connectivity index (χ4v) is 5.28. The Morgan fingerprint density at radius 3 is 2.77 bits per heavy atom. The summed E-state index contributed by atoms with van der Waals surface area (Å²) in [6.07, 6.45) is 12.7. The van der Waals surface area contributed by atoms with Crippen LogP contribution in [0.1, 0.15) is 67.7 Å². The minimum absolute atomic E-state index is 0.0277. The molecule has 1 aliphatic heterocycles. The molecule has 3 aromatic heterocycles. The van der Waals surface area contributed by atoms with Gasteiger partial charge < -0.3 is 9.30 Å².